The number of hydrogen-bond donors (Lipinski definition) is 0. The van der Waals surface area contributed by atoms with Crippen molar-refractivity contribution in [2.45, 2.75) is 19.8 Å². The van der Waals surface area contributed by atoms with Crippen LogP contribution in [0.15, 0.2) is 18.2 Å². The molecular formula is C11H12ClIO2. The van der Waals surface area contributed by atoms with E-state index in [1.54, 1.807) is 6.92 Å². The Hall–Kier alpha value is -0.290. The van der Waals surface area contributed by atoms with Gasteiger partial charge < -0.3 is 4.74 Å². The highest BCUT2D eigenvalue weighted by molar-refractivity contribution is 14.1. The number of ether oxygens (including phenoxy) is 1. The molecule has 0 heterocycles. The first-order valence-electron chi connectivity index (χ1n) is 4.73. The molecule has 0 saturated heterocycles. The maximum atomic E-state index is 11.2. The summed E-state index contributed by atoms with van der Waals surface area (Å²) in [5, 5.41) is 0.714. The van der Waals surface area contributed by atoms with Gasteiger partial charge in [0.25, 0.3) is 0 Å². The highest BCUT2D eigenvalue weighted by Crippen LogP contribution is 2.23. The first-order chi connectivity index (χ1) is 7.15. The zero-order valence-electron chi connectivity index (χ0n) is 8.43. The molecule has 0 spiro atoms. The maximum Gasteiger partial charge on any atom is 0.306 e. The largest absolute Gasteiger partial charge is 0.466 e. The van der Waals surface area contributed by atoms with Gasteiger partial charge in [-0.1, -0.05) is 17.7 Å². The maximum absolute atomic E-state index is 11.2. The molecule has 0 atom stereocenters. The van der Waals surface area contributed by atoms with Crippen molar-refractivity contribution in [2.75, 3.05) is 6.61 Å². The SMILES string of the molecule is CCOC(=O)CCc1c(Cl)cccc1I. The molecule has 0 aliphatic rings. The van der Waals surface area contributed by atoms with Gasteiger partial charge in [-0.15, -0.1) is 0 Å². The minimum absolute atomic E-state index is 0.173. The number of carbonyl (C=O) groups is 1. The van der Waals surface area contributed by atoms with Crippen LogP contribution in [0.4, 0.5) is 0 Å². The van der Waals surface area contributed by atoms with Gasteiger partial charge in [-0.25, -0.2) is 0 Å². The summed E-state index contributed by atoms with van der Waals surface area (Å²) in [6, 6.07) is 5.72. The number of rotatable bonds is 4. The molecule has 2 nitrogen and oxygen atoms in total. The van der Waals surface area contributed by atoms with Crippen molar-refractivity contribution in [3.05, 3.63) is 32.4 Å². The molecule has 0 bridgehead atoms. The summed E-state index contributed by atoms with van der Waals surface area (Å²) in [6.45, 7) is 2.23. The van der Waals surface area contributed by atoms with E-state index in [-0.39, 0.29) is 5.97 Å². The predicted octanol–water partition coefficient (Wildman–Crippen LogP) is 3.44. The Kier molecular flexibility index (Phi) is 5.39. The Bertz CT molecular complexity index is 332. The van der Waals surface area contributed by atoms with Gasteiger partial charge in [-0.2, -0.15) is 0 Å². The highest BCUT2D eigenvalue weighted by Gasteiger charge is 2.08. The molecule has 1 aromatic carbocycles. The standard InChI is InChI=1S/C11H12ClIO2/c1-2-15-11(14)7-6-8-9(12)4-3-5-10(8)13/h3-5H,2,6-7H2,1H3. The van der Waals surface area contributed by atoms with Crippen molar-refractivity contribution in [3.63, 3.8) is 0 Å². The van der Waals surface area contributed by atoms with Crippen LogP contribution in [0, 0.1) is 3.57 Å². The fraction of sp³-hybridized carbons (Fsp3) is 0.364. The van der Waals surface area contributed by atoms with Crippen LogP contribution < -0.4 is 0 Å². The van der Waals surface area contributed by atoms with E-state index in [1.165, 1.54) is 0 Å². The molecule has 15 heavy (non-hydrogen) atoms. The Morgan fingerprint density at radius 3 is 2.87 bits per heavy atom. The summed E-state index contributed by atoms with van der Waals surface area (Å²) in [5.74, 6) is -0.173. The van der Waals surface area contributed by atoms with Gasteiger partial charge in [0.2, 0.25) is 0 Å². The zero-order chi connectivity index (χ0) is 11.3. The number of benzene rings is 1. The smallest absolute Gasteiger partial charge is 0.306 e. The van der Waals surface area contributed by atoms with Crippen LogP contribution in [-0.4, -0.2) is 12.6 Å². The average molecular weight is 339 g/mol. The molecule has 0 aliphatic carbocycles. The summed E-state index contributed by atoms with van der Waals surface area (Å²) in [4.78, 5) is 11.2. The molecule has 1 aromatic rings. The summed E-state index contributed by atoms with van der Waals surface area (Å²) in [5.41, 5.74) is 1.02. The summed E-state index contributed by atoms with van der Waals surface area (Å²) < 4.78 is 5.95. The van der Waals surface area contributed by atoms with E-state index in [1.807, 2.05) is 18.2 Å². The molecule has 0 amide bonds. The minimum Gasteiger partial charge on any atom is -0.466 e. The fourth-order valence-corrected chi connectivity index (χ4v) is 2.43. The molecule has 0 aromatic heterocycles. The summed E-state index contributed by atoms with van der Waals surface area (Å²) >= 11 is 8.25. The van der Waals surface area contributed by atoms with Gasteiger partial charge in [-0.05, 0) is 53.6 Å². The normalized spacial score (nSPS) is 10.1. The Morgan fingerprint density at radius 2 is 2.27 bits per heavy atom. The van der Waals surface area contributed by atoms with Gasteiger partial charge in [0.1, 0.15) is 0 Å². The molecule has 4 heteroatoms. The average Bonchev–Trinajstić information content (AvgIpc) is 2.17. The monoisotopic (exact) mass is 338 g/mol. The van der Waals surface area contributed by atoms with Crippen LogP contribution in [0.3, 0.4) is 0 Å². The van der Waals surface area contributed by atoms with Crippen molar-refractivity contribution >= 4 is 40.2 Å². The molecule has 82 valence electrons. The lowest BCUT2D eigenvalue weighted by Crippen LogP contribution is -2.06. The van der Waals surface area contributed by atoms with Gasteiger partial charge in [0, 0.05) is 15.0 Å². The molecule has 0 saturated carbocycles. The molecule has 0 fully saturated rings. The van der Waals surface area contributed by atoms with E-state index in [0.717, 1.165) is 9.13 Å². The van der Waals surface area contributed by atoms with Crippen LogP contribution in [0.5, 0.6) is 0 Å². The molecule has 0 aliphatic heterocycles. The van der Waals surface area contributed by atoms with Crippen molar-refractivity contribution in [1.82, 2.24) is 0 Å². The first kappa shape index (κ1) is 12.8. The van der Waals surface area contributed by atoms with Gasteiger partial charge in [-0.3, -0.25) is 4.79 Å². The predicted molar refractivity (Wildman–Crippen MR) is 69.1 cm³/mol. The molecule has 0 radical (unpaired) electrons. The van der Waals surface area contributed by atoms with Crippen LogP contribution in [0.25, 0.3) is 0 Å². The van der Waals surface area contributed by atoms with Crippen molar-refractivity contribution < 1.29 is 9.53 Å². The zero-order valence-corrected chi connectivity index (χ0v) is 11.3. The highest BCUT2D eigenvalue weighted by atomic mass is 127. The topological polar surface area (TPSA) is 26.3 Å². The molecule has 0 N–H and O–H groups in total. The number of hydrogen-bond acceptors (Lipinski definition) is 2. The van der Waals surface area contributed by atoms with Crippen LogP contribution in [-0.2, 0) is 16.0 Å². The molecule has 1 rings (SSSR count). The van der Waals surface area contributed by atoms with E-state index in [4.69, 9.17) is 16.3 Å². The van der Waals surface area contributed by atoms with E-state index in [0.29, 0.717) is 24.5 Å². The summed E-state index contributed by atoms with van der Waals surface area (Å²) in [7, 11) is 0. The third-order valence-corrected chi connectivity index (χ3v) is 3.31. The molecule has 0 unspecified atom stereocenters. The van der Waals surface area contributed by atoms with Crippen molar-refractivity contribution in [3.8, 4) is 0 Å². The lowest BCUT2D eigenvalue weighted by molar-refractivity contribution is -0.143. The van der Waals surface area contributed by atoms with E-state index >= 15 is 0 Å². The van der Waals surface area contributed by atoms with Gasteiger partial charge >= 0.3 is 5.97 Å². The molecular weight excluding hydrogens is 326 g/mol. The Labute approximate surface area is 108 Å². The van der Waals surface area contributed by atoms with Gasteiger partial charge in [0.05, 0.1) is 6.61 Å². The van der Waals surface area contributed by atoms with Crippen LogP contribution in [0.1, 0.15) is 18.9 Å². The first-order valence-corrected chi connectivity index (χ1v) is 6.19. The second kappa shape index (κ2) is 6.33. The van der Waals surface area contributed by atoms with Crippen LogP contribution in [0.2, 0.25) is 5.02 Å². The number of halogens is 2. The minimum atomic E-state index is -0.173. The summed E-state index contributed by atoms with van der Waals surface area (Å²) in [6.07, 6.45) is 1.02. The van der Waals surface area contributed by atoms with Crippen molar-refractivity contribution in [2.24, 2.45) is 0 Å². The third kappa shape index (κ3) is 3.99. The fourth-order valence-electron chi connectivity index (χ4n) is 1.23. The Balaban J connectivity index is 2.61. The van der Waals surface area contributed by atoms with E-state index < -0.39 is 0 Å². The van der Waals surface area contributed by atoms with Gasteiger partial charge in [0.15, 0.2) is 0 Å². The lowest BCUT2D eigenvalue weighted by atomic mass is 10.1. The quantitative estimate of drug-likeness (QED) is 0.621. The number of carbonyl (C=O) groups excluding carboxylic acids is 1. The van der Waals surface area contributed by atoms with E-state index in [9.17, 15) is 4.79 Å². The van der Waals surface area contributed by atoms with E-state index in [2.05, 4.69) is 22.6 Å². The second-order valence-electron chi connectivity index (χ2n) is 3.01. The second-order valence-corrected chi connectivity index (χ2v) is 4.57. The third-order valence-electron chi connectivity index (χ3n) is 1.95. The lowest BCUT2D eigenvalue weighted by Gasteiger charge is -2.06. The van der Waals surface area contributed by atoms with Crippen molar-refractivity contribution in [1.29, 1.82) is 0 Å². The number of esters is 1. The Morgan fingerprint density at radius 1 is 1.53 bits per heavy atom. The van der Waals surface area contributed by atoms with Crippen LogP contribution >= 0.6 is 34.2 Å².